The van der Waals surface area contributed by atoms with Gasteiger partial charge in [0.2, 0.25) is 0 Å². The molecule has 0 aromatic carbocycles. The number of hydrogen-bond acceptors (Lipinski definition) is 4. The highest BCUT2D eigenvalue weighted by Gasteiger charge is 2.45. The first-order valence-corrected chi connectivity index (χ1v) is 8.32. The lowest BCUT2D eigenvalue weighted by molar-refractivity contribution is -0.174. The first-order chi connectivity index (χ1) is 10.9. The maximum atomic E-state index is 11.5. The summed E-state index contributed by atoms with van der Waals surface area (Å²) in [5.41, 5.74) is 3.35. The van der Waals surface area contributed by atoms with E-state index in [0.29, 0.717) is 19.8 Å². The van der Waals surface area contributed by atoms with Gasteiger partial charge in [-0.3, -0.25) is 0 Å². The molecule has 0 amide bonds. The van der Waals surface area contributed by atoms with Crippen molar-refractivity contribution in [1.82, 2.24) is 0 Å². The van der Waals surface area contributed by atoms with Crippen molar-refractivity contribution >= 4 is 5.97 Å². The molecule has 0 spiro atoms. The second-order valence-corrected chi connectivity index (χ2v) is 6.79. The Labute approximate surface area is 139 Å². The highest BCUT2D eigenvalue weighted by Crippen LogP contribution is 2.44. The number of rotatable bonds is 4. The number of fused-ring (bicyclic) bond motifs is 1. The van der Waals surface area contributed by atoms with Crippen LogP contribution in [-0.2, 0) is 19.0 Å². The zero-order chi connectivity index (χ0) is 17.0. The van der Waals surface area contributed by atoms with E-state index in [9.17, 15) is 4.79 Å². The Morgan fingerprint density at radius 3 is 2.74 bits per heavy atom. The molecule has 1 aliphatic carbocycles. The monoisotopic (exact) mass is 320 g/mol. The maximum Gasteiger partial charge on any atom is 0.330 e. The molecular weight excluding hydrogens is 292 g/mol. The second-order valence-electron chi connectivity index (χ2n) is 6.79. The molecule has 1 aliphatic heterocycles. The van der Waals surface area contributed by atoms with Crippen LogP contribution in [-0.4, -0.2) is 38.0 Å². The molecule has 0 bridgehead atoms. The van der Waals surface area contributed by atoms with Crippen molar-refractivity contribution in [2.24, 2.45) is 5.41 Å². The van der Waals surface area contributed by atoms with Crippen LogP contribution in [0.5, 0.6) is 0 Å². The fraction of sp³-hybridized carbons (Fsp3) is 0.632. The van der Waals surface area contributed by atoms with Gasteiger partial charge in [0.1, 0.15) is 0 Å². The topological polar surface area (TPSA) is 44.8 Å². The van der Waals surface area contributed by atoms with E-state index in [1.165, 1.54) is 17.2 Å². The van der Waals surface area contributed by atoms with E-state index in [4.69, 9.17) is 14.2 Å². The summed E-state index contributed by atoms with van der Waals surface area (Å²) in [6, 6.07) is 0. The fourth-order valence-corrected chi connectivity index (χ4v) is 3.51. The van der Waals surface area contributed by atoms with Crippen LogP contribution in [0.2, 0.25) is 0 Å². The Balaban J connectivity index is 2.20. The third-order valence-electron chi connectivity index (χ3n) is 4.57. The van der Waals surface area contributed by atoms with Gasteiger partial charge >= 0.3 is 5.97 Å². The second kappa shape index (κ2) is 7.45. The minimum atomic E-state index is -0.299. The first kappa shape index (κ1) is 18.0. The maximum absolute atomic E-state index is 11.5. The number of carbonyl (C=O) groups excluding carboxylic acids is 1. The summed E-state index contributed by atoms with van der Waals surface area (Å²) in [6.07, 6.45) is 6.72. The lowest BCUT2D eigenvalue weighted by atomic mass is 9.69. The molecule has 4 heteroatoms. The predicted molar refractivity (Wildman–Crippen MR) is 90.1 cm³/mol. The summed E-state index contributed by atoms with van der Waals surface area (Å²) >= 11 is 0. The smallest absolute Gasteiger partial charge is 0.330 e. The quantitative estimate of drug-likeness (QED) is 0.451. The third kappa shape index (κ3) is 4.12. The molecule has 128 valence electrons. The van der Waals surface area contributed by atoms with Gasteiger partial charge in [-0.15, -0.1) is 0 Å². The van der Waals surface area contributed by atoms with Crippen LogP contribution in [0.1, 0.15) is 41.0 Å². The van der Waals surface area contributed by atoms with E-state index in [2.05, 4.69) is 26.8 Å². The van der Waals surface area contributed by atoms with E-state index >= 15 is 0 Å². The standard InChI is InChI=1S/C19H28O4/c1-6-21-17(20)11-13(2)7-8-15-14(3)12-16-18(19(15,4)5)23-10-9-22-16/h7-8,11,16,18H,6,9-10,12H2,1-5H3. The highest BCUT2D eigenvalue weighted by atomic mass is 16.6. The lowest BCUT2D eigenvalue weighted by Crippen LogP contribution is -2.50. The van der Waals surface area contributed by atoms with Crippen molar-refractivity contribution in [1.29, 1.82) is 0 Å². The number of hydrogen-bond donors (Lipinski definition) is 0. The molecule has 2 atom stereocenters. The van der Waals surface area contributed by atoms with Crippen molar-refractivity contribution < 1.29 is 19.0 Å². The van der Waals surface area contributed by atoms with Crippen LogP contribution in [0, 0.1) is 5.41 Å². The zero-order valence-electron chi connectivity index (χ0n) is 14.8. The lowest BCUT2D eigenvalue weighted by Gasteiger charge is -2.47. The average molecular weight is 320 g/mol. The zero-order valence-corrected chi connectivity index (χ0v) is 14.8. The Hall–Kier alpha value is -1.39. The van der Waals surface area contributed by atoms with E-state index in [-0.39, 0.29) is 23.6 Å². The number of allylic oxidation sites excluding steroid dienone is 3. The van der Waals surface area contributed by atoms with Crippen molar-refractivity contribution in [3.8, 4) is 0 Å². The summed E-state index contributed by atoms with van der Waals surface area (Å²) < 4.78 is 16.8. The fourth-order valence-electron chi connectivity index (χ4n) is 3.51. The van der Waals surface area contributed by atoms with Crippen LogP contribution in [0.15, 0.2) is 34.9 Å². The van der Waals surface area contributed by atoms with Crippen LogP contribution in [0.3, 0.4) is 0 Å². The molecule has 2 aliphatic rings. The molecule has 1 fully saturated rings. The van der Waals surface area contributed by atoms with Crippen molar-refractivity contribution in [3.63, 3.8) is 0 Å². The molecule has 1 heterocycles. The molecule has 23 heavy (non-hydrogen) atoms. The molecule has 0 aromatic heterocycles. The number of carbonyl (C=O) groups is 1. The molecule has 0 radical (unpaired) electrons. The van der Waals surface area contributed by atoms with E-state index < -0.39 is 0 Å². The largest absolute Gasteiger partial charge is 0.463 e. The van der Waals surface area contributed by atoms with Crippen molar-refractivity contribution in [3.05, 3.63) is 34.9 Å². The van der Waals surface area contributed by atoms with Gasteiger partial charge in [0, 0.05) is 11.5 Å². The summed E-state index contributed by atoms with van der Waals surface area (Å²) in [4.78, 5) is 11.5. The van der Waals surface area contributed by atoms with Crippen molar-refractivity contribution in [2.45, 2.75) is 53.2 Å². The molecule has 2 unspecified atom stereocenters. The molecular formula is C19H28O4. The predicted octanol–water partition coefficient (Wildman–Crippen LogP) is 3.58. The summed E-state index contributed by atoms with van der Waals surface area (Å²) in [5, 5.41) is 0. The molecule has 1 saturated heterocycles. The Morgan fingerprint density at radius 1 is 1.35 bits per heavy atom. The number of esters is 1. The third-order valence-corrected chi connectivity index (χ3v) is 4.57. The van der Waals surface area contributed by atoms with Gasteiger partial charge in [0.25, 0.3) is 0 Å². The molecule has 2 rings (SSSR count). The van der Waals surface area contributed by atoms with Crippen LogP contribution >= 0.6 is 0 Å². The number of ether oxygens (including phenoxy) is 3. The average Bonchev–Trinajstić information content (AvgIpc) is 2.46. The molecule has 0 saturated carbocycles. The van der Waals surface area contributed by atoms with E-state index in [1.54, 1.807) is 6.92 Å². The van der Waals surface area contributed by atoms with Gasteiger partial charge in [-0.2, -0.15) is 0 Å². The molecule has 4 nitrogen and oxygen atoms in total. The Kier molecular flexibility index (Phi) is 5.82. The highest BCUT2D eigenvalue weighted by molar-refractivity contribution is 5.83. The Bertz CT molecular complexity index is 540. The van der Waals surface area contributed by atoms with Gasteiger partial charge in [-0.25, -0.2) is 4.79 Å². The van der Waals surface area contributed by atoms with Crippen LogP contribution in [0.4, 0.5) is 0 Å². The van der Waals surface area contributed by atoms with Gasteiger partial charge in [0.15, 0.2) is 0 Å². The van der Waals surface area contributed by atoms with Gasteiger partial charge in [-0.05, 0) is 38.3 Å². The van der Waals surface area contributed by atoms with Gasteiger partial charge in [-0.1, -0.05) is 31.6 Å². The minimum absolute atomic E-state index is 0.0777. The minimum Gasteiger partial charge on any atom is -0.463 e. The molecule has 0 N–H and O–H groups in total. The van der Waals surface area contributed by atoms with Crippen molar-refractivity contribution in [2.75, 3.05) is 19.8 Å². The van der Waals surface area contributed by atoms with E-state index in [1.807, 2.05) is 13.0 Å². The van der Waals surface area contributed by atoms with Gasteiger partial charge in [0.05, 0.1) is 32.0 Å². The summed E-state index contributed by atoms with van der Waals surface area (Å²) in [5.74, 6) is -0.299. The van der Waals surface area contributed by atoms with Crippen LogP contribution in [0.25, 0.3) is 0 Å². The van der Waals surface area contributed by atoms with Crippen LogP contribution < -0.4 is 0 Å². The van der Waals surface area contributed by atoms with Gasteiger partial charge < -0.3 is 14.2 Å². The summed E-state index contributed by atoms with van der Waals surface area (Å²) in [6.45, 7) is 12.0. The van der Waals surface area contributed by atoms with E-state index in [0.717, 1.165) is 12.0 Å². The SMILES string of the molecule is CCOC(=O)C=C(C)C=CC1=C(C)CC2OCCOC2C1(C)C. The normalized spacial score (nSPS) is 28.0. The first-order valence-electron chi connectivity index (χ1n) is 8.32. The Morgan fingerprint density at radius 2 is 2.04 bits per heavy atom. The summed E-state index contributed by atoms with van der Waals surface area (Å²) in [7, 11) is 0. The molecule has 0 aromatic rings.